The summed E-state index contributed by atoms with van der Waals surface area (Å²) in [5.74, 6) is -0.535. The zero-order chi connectivity index (χ0) is 62.1. The second-order valence-corrected chi connectivity index (χ2v) is 25.8. The molecular formula is C75H132N2O7P+. The number of phosphoric acid groups is 1. The van der Waals surface area contributed by atoms with E-state index in [4.69, 9.17) is 13.8 Å². The molecule has 1 amide bonds. The lowest BCUT2D eigenvalue weighted by atomic mass is 10.0. The molecule has 488 valence electrons. The maximum atomic E-state index is 13.6. The van der Waals surface area contributed by atoms with Gasteiger partial charge in [-0.2, -0.15) is 0 Å². The van der Waals surface area contributed by atoms with E-state index in [9.17, 15) is 19.0 Å². The van der Waals surface area contributed by atoms with Crippen LogP contribution in [0.2, 0.25) is 0 Å². The van der Waals surface area contributed by atoms with Gasteiger partial charge in [0, 0.05) is 12.8 Å². The summed E-state index contributed by atoms with van der Waals surface area (Å²) < 4.78 is 30.8. The van der Waals surface area contributed by atoms with E-state index in [-0.39, 0.29) is 31.5 Å². The molecule has 0 aliphatic heterocycles. The Morgan fingerprint density at radius 2 is 0.753 bits per heavy atom. The number of likely N-dealkylation sites (N-methyl/N-ethyl adjacent to an activating group) is 1. The lowest BCUT2D eigenvalue weighted by molar-refractivity contribution is -0.870. The van der Waals surface area contributed by atoms with Crippen molar-refractivity contribution in [2.45, 2.75) is 303 Å². The molecule has 0 spiro atoms. The maximum absolute atomic E-state index is 13.6. The van der Waals surface area contributed by atoms with Gasteiger partial charge in [0.1, 0.15) is 19.3 Å². The third kappa shape index (κ3) is 64.7. The molecule has 10 heteroatoms. The van der Waals surface area contributed by atoms with E-state index in [0.29, 0.717) is 17.4 Å². The number of amides is 1. The first-order valence-corrected chi connectivity index (χ1v) is 36.4. The number of unbranched alkanes of at least 4 members (excludes halogenated alkanes) is 28. The molecule has 0 saturated heterocycles. The molecule has 0 fully saturated rings. The largest absolute Gasteiger partial charge is 0.472 e. The van der Waals surface area contributed by atoms with E-state index in [1.807, 2.05) is 33.3 Å². The van der Waals surface area contributed by atoms with Crippen molar-refractivity contribution in [2.75, 3.05) is 40.9 Å². The van der Waals surface area contributed by atoms with E-state index in [1.54, 1.807) is 0 Å². The van der Waals surface area contributed by atoms with Crippen molar-refractivity contribution in [3.05, 3.63) is 122 Å². The Morgan fingerprint density at radius 3 is 1.15 bits per heavy atom. The molecule has 3 unspecified atom stereocenters. The minimum atomic E-state index is -4.47. The molecule has 0 aliphatic carbocycles. The average Bonchev–Trinajstić information content (AvgIpc) is 3.48. The van der Waals surface area contributed by atoms with E-state index in [2.05, 4.69) is 135 Å². The molecule has 0 heterocycles. The SMILES string of the molecule is CC/C=C\C/C=C\C/C=C\C/C=C\C/C=C\CCCCCCCCCCCC(=O)OC(/C=C/CCCCCCCCCCCCC)C(COP(=O)(O)OCC[N+](C)(C)C)NC(=O)CCCCCCC/C=C\C/C=C\C/C=C\C/C=C\CCCCC. The van der Waals surface area contributed by atoms with Crippen molar-refractivity contribution in [1.82, 2.24) is 5.32 Å². The number of ether oxygens (including phenoxy) is 1. The van der Waals surface area contributed by atoms with Gasteiger partial charge in [-0.15, -0.1) is 0 Å². The maximum Gasteiger partial charge on any atom is 0.472 e. The first kappa shape index (κ1) is 81.4. The highest BCUT2D eigenvalue weighted by Gasteiger charge is 2.30. The number of hydrogen-bond donors (Lipinski definition) is 2. The molecule has 0 aromatic rings. The first-order valence-electron chi connectivity index (χ1n) is 34.9. The number of rotatable bonds is 62. The Morgan fingerprint density at radius 1 is 0.424 bits per heavy atom. The summed E-state index contributed by atoms with van der Waals surface area (Å²) in [5, 5.41) is 3.06. The van der Waals surface area contributed by atoms with E-state index in [1.165, 1.54) is 116 Å². The minimum Gasteiger partial charge on any atom is -0.456 e. The fraction of sp³-hybridized carbons (Fsp3) is 0.707. The van der Waals surface area contributed by atoms with Gasteiger partial charge in [-0.1, -0.05) is 277 Å². The summed E-state index contributed by atoms with van der Waals surface area (Å²) >= 11 is 0. The number of phosphoric ester groups is 1. The molecule has 0 rings (SSSR count). The summed E-state index contributed by atoms with van der Waals surface area (Å²) in [6.07, 6.45) is 89.1. The van der Waals surface area contributed by atoms with Crippen LogP contribution in [0.1, 0.15) is 290 Å². The van der Waals surface area contributed by atoms with Crippen LogP contribution in [0, 0.1) is 0 Å². The molecule has 3 atom stereocenters. The van der Waals surface area contributed by atoms with Crippen LogP contribution < -0.4 is 5.32 Å². The lowest BCUT2D eigenvalue weighted by Gasteiger charge is -2.27. The fourth-order valence-electron chi connectivity index (χ4n) is 9.54. The summed E-state index contributed by atoms with van der Waals surface area (Å²) in [6, 6.07) is -0.870. The van der Waals surface area contributed by atoms with Crippen molar-refractivity contribution in [2.24, 2.45) is 0 Å². The Hall–Kier alpha value is -3.59. The predicted molar refractivity (Wildman–Crippen MR) is 369 cm³/mol. The van der Waals surface area contributed by atoms with Gasteiger partial charge in [-0.05, 0) is 122 Å². The standard InChI is InChI=1S/C75H131N2O7P/c1-7-10-13-16-19-22-25-28-30-32-34-36-37-38-39-41-43-45-47-50-53-56-59-62-65-68-75(79)84-73(66-63-60-57-54-51-48-27-24-21-18-15-12-9-3)72(71-83-85(80,81)82-70-69-77(4,5)6)76-74(78)67-64-61-58-55-52-49-46-44-42-40-35-33-31-29-26-23-20-17-14-11-8-2/h10,13,19-20,22-23,28-31,34-36,38-40,44,46,63,66,72-73H,7-9,11-12,14-18,21,24-27,32-33,37,41-43,45,47-62,64-65,67-71H2,1-6H3,(H-,76,78,80,81)/p+1/b13-10-,22-19-,23-20-,30-28-,31-29-,36-34-,39-38-,40-35-,46-44-,66-63+. The van der Waals surface area contributed by atoms with E-state index < -0.39 is 20.0 Å². The Kier molecular flexibility index (Phi) is 60.8. The summed E-state index contributed by atoms with van der Waals surface area (Å²) in [5.41, 5.74) is 0. The highest BCUT2D eigenvalue weighted by atomic mass is 31.2. The smallest absolute Gasteiger partial charge is 0.456 e. The Balaban J connectivity index is 5.20. The molecule has 9 nitrogen and oxygen atoms in total. The molecule has 85 heavy (non-hydrogen) atoms. The monoisotopic (exact) mass is 1200 g/mol. The number of hydrogen-bond acceptors (Lipinski definition) is 6. The number of nitrogens with one attached hydrogen (secondary N) is 1. The highest BCUT2D eigenvalue weighted by molar-refractivity contribution is 7.47. The second-order valence-electron chi connectivity index (χ2n) is 24.3. The van der Waals surface area contributed by atoms with Gasteiger partial charge in [0.15, 0.2) is 0 Å². The van der Waals surface area contributed by atoms with Crippen LogP contribution in [-0.2, 0) is 27.9 Å². The van der Waals surface area contributed by atoms with Crippen molar-refractivity contribution in [3.63, 3.8) is 0 Å². The van der Waals surface area contributed by atoms with Crippen molar-refractivity contribution in [3.8, 4) is 0 Å². The highest BCUT2D eigenvalue weighted by Crippen LogP contribution is 2.43. The van der Waals surface area contributed by atoms with Gasteiger partial charge < -0.3 is 19.4 Å². The number of nitrogens with zero attached hydrogens (tertiary/aromatic N) is 1. The van der Waals surface area contributed by atoms with Gasteiger partial charge in [0.25, 0.3) is 0 Å². The van der Waals surface area contributed by atoms with Crippen molar-refractivity contribution < 1.29 is 37.3 Å². The van der Waals surface area contributed by atoms with Gasteiger partial charge in [-0.3, -0.25) is 18.6 Å². The van der Waals surface area contributed by atoms with Crippen LogP contribution in [0.25, 0.3) is 0 Å². The molecule has 0 saturated carbocycles. The van der Waals surface area contributed by atoms with Crippen molar-refractivity contribution >= 4 is 19.7 Å². The van der Waals surface area contributed by atoms with Crippen LogP contribution in [0.3, 0.4) is 0 Å². The fourth-order valence-corrected chi connectivity index (χ4v) is 10.3. The Bertz CT molecular complexity index is 1870. The van der Waals surface area contributed by atoms with Crippen LogP contribution in [0.15, 0.2) is 122 Å². The van der Waals surface area contributed by atoms with Gasteiger partial charge in [0.05, 0.1) is 33.8 Å². The molecular weight excluding hydrogens is 1070 g/mol. The third-order valence-corrected chi connectivity index (χ3v) is 15.9. The van der Waals surface area contributed by atoms with Gasteiger partial charge in [0.2, 0.25) is 5.91 Å². The second kappa shape index (κ2) is 63.4. The Labute approximate surface area is 524 Å². The third-order valence-electron chi connectivity index (χ3n) is 14.9. The molecule has 0 aromatic heterocycles. The number of esters is 1. The molecule has 2 N–H and O–H groups in total. The van der Waals surface area contributed by atoms with Crippen LogP contribution in [0.4, 0.5) is 0 Å². The number of allylic oxidation sites excluding steroid dienone is 19. The van der Waals surface area contributed by atoms with Crippen molar-refractivity contribution in [1.29, 1.82) is 0 Å². The van der Waals surface area contributed by atoms with Gasteiger partial charge in [-0.25, -0.2) is 4.57 Å². The quantitative estimate of drug-likeness (QED) is 0.0205. The zero-order valence-electron chi connectivity index (χ0n) is 55.8. The predicted octanol–water partition coefficient (Wildman–Crippen LogP) is 22.2. The molecule has 0 bridgehead atoms. The summed E-state index contributed by atoms with van der Waals surface area (Å²) in [7, 11) is 1.47. The van der Waals surface area contributed by atoms with E-state index >= 15 is 0 Å². The normalized spacial score (nSPS) is 14.3. The number of carbonyl (C=O) groups excluding carboxylic acids is 2. The molecule has 0 aliphatic rings. The van der Waals surface area contributed by atoms with Crippen LogP contribution in [0.5, 0.6) is 0 Å². The molecule has 0 aromatic carbocycles. The lowest BCUT2D eigenvalue weighted by Crippen LogP contribution is -2.47. The topological polar surface area (TPSA) is 111 Å². The molecule has 0 radical (unpaired) electrons. The number of carbonyl (C=O) groups is 2. The minimum absolute atomic E-state index is 0.0293. The zero-order valence-corrected chi connectivity index (χ0v) is 56.7. The van der Waals surface area contributed by atoms with E-state index in [0.717, 1.165) is 141 Å². The average molecular weight is 1200 g/mol. The van der Waals surface area contributed by atoms with Crippen LogP contribution in [-0.4, -0.2) is 74.3 Å². The van der Waals surface area contributed by atoms with Crippen LogP contribution >= 0.6 is 7.82 Å². The first-order chi connectivity index (χ1) is 41.4. The van der Waals surface area contributed by atoms with Gasteiger partial charge >= 0.3 is 13.8 Å². The summed E-state index contributed by atoms with van der Waals surface area (Å²) in [4.78, 5) is 37.9. The number of quaternary nitrogens is 1. The summed E-state index contributed by atoms with van der Waals surface area (Å²) in [6.45, 7) is 6.86.